The Morgan fingerprint density at radius 3 is 1.95 bits per heavy atom. The third-order valence-corrected chi connectivity index (χ3v) is 3.14. The third kappa shape index (κ3) is 3.29. The number of carboxylic acid groups (broad SMARTS) is 1. The van der Waals surface area contributed by atoms with E-state index in [-0.39, 0.29) is 5.91 Å². The van der Waals surface area contributed by atoms with Gasteiger partial charge in [0.25, 0.3) is 0 Å². The van der Waals surface area contributed by atoms with E-state index in [1.165, 1.54) is 14.0 Å². The third-order valence-electron chi connectivity index (χ3n) is 3.14. The number of nitrogens with one attached hydrogen (secondary N) is 1. The van der Waals surface area contributed by atoms with Crippen molar-refractivity contribution >= 4 is 11.9 Å². The number of carbonyl (C=O) groups is 2. The van der Waals surface area contributed by atoms with Crippen LogP contribution in [-0.2, 0) is 15.1 Å². The molecule has 5 nitrogen and oxygen atoms in total. The average molecular weight is 279 g/mol. The van der Waals surface area contributed by atoms with E-state index in [1.54, 1.807) is 45.0 Å². The van der Waals surface area contributed by atoms with Crippen LogP contribution in [0.2, 0.25) is 0 Å². The first-order chi connectivity index (χ1) is 9.11. The Morgan fingerprint density at radius 1 is 1.10 bits per heavy atom. The number of benzene rings is 1. The highest BCUT2D eigenvalue weighted by atomic mass is 16.5. The highest BCUT2D eigenvalue weighted by Gasteiger charge is 2.39. The van der Waals surface area contributed by atoms with Crippen molar-refractivity contribution in [1.82, 2.24) is 5.32 Å². The maximum atomic E-state index is 12.1. The Bertz CT molecular complexity index is 502. The summed E-state index contributed by atoms with van der Waals surface area (Å²) in [4.78, 5) is 23.7. The van der Waals surface area contributed by atoms with Gasteiger partial charge in [-0.1, -0.05) is 32.9 Å². The van der Waals surface area contributed by atoms with Crippen molar-refractivity contribution in [2.24, 2.45) is 5.41 Å². The first kappa shape index (κ1) is 16.0. The Hall–Kier alpha value is -2.04. The van der Waals surface area contributed by atoms with E-state index < -0.39 is 16.9 Å². The normalized spacial score (nSPS) is 14.2. The van der Waals surface area contributed by atoms with Crippen LogP contribution in [0.3, 0.4) is 0 Å². The van der Waals surface area contributed by atoms with Gasteiger partial charge in [-0.25, -0.2) is 4.79 Å². The summed E-state index contributed by atoms with van der Waals surface area (Å²) >= 11 is 0. The molecule has 0 radical (unpaired) electrons. The number of aliphatic carboxylic acids is 1. The molecule has 0 saturated carbocycles. The Kier molecular flexibility index (Phi) is 4.43. The monoisotopic (exact) mass is 279 g/mol. The van der Waals surface area contributed by atoms with Crippen LogP contribution in [0.5, 0.6) is 5.75 Å². The van der Waals surface area contributed by atoms with Crippen LogP contribution in [0.15, 0.2) is 24.3 Å². The molecule has 5 heteroatoms. The number of hydrogen-bond donors (Lipinski definition) is 2. The highest BCUT2D eigenvalue weighted by molar-refractivity contribution is 5.90. The summed E-state index contributed by atoms with van der Waals surface area (Å²) in [7, 11) is 1.53. The lowest BCUT2D eigenvalue weighted by Crippen LogP contribution is -2.52. The number of rotatable bonds is 4. The second-order valence-corrected chi connectivity index (χ2v) is 5.86. The van der Waals surface area contributed by atoms with Crippen LogP contribution < -0.4 is 10.1 Å². The van der Waals surface area contributed by atoms with Crippen molar-refractivity contribution in [3.63, 3.8) is 0 Å². The minimum absolute atomic E-state index is 0.321. The van der Waals surface area contributed by atoms with Gasteiger partial charge in [0.2, 0.25) is 5.91 Å². The average Bonchev–Trinajstić information content (AvgIpc) is 2.37. The fourth-order valence-electron chi connectivity index (χ4n) is 1.59. The molecule has 1 atom stereocenters. The molecule has 0 saturated heterocycles. The van der Waals surface area contributed by atoms with Gasteiger partial charge in [-0.15, -0.1) is 0 Å². The van der Waals surface area contributed by atoms with Crippen LogP contribution >= 0.6 is 0 Å². The first-order valence-electron chi connectivity index (χ1n) is 6.32. The van der Waals surface area contributed by atoms with Crippen molar-refractivity contribution in [2.75, 3.05) is 7.11 Å². The molecule has 2 N–H and O–H groups in total. The molecule has 0 spiro atoms. The molecule has 1 rings (SSSR count). The Labute approximate surface area is 118 Å². The van der Waals surface area contributed by atoms with E-state index in [1.807, 2.05) is 0 Å². The molecule has 0 bridgehead atoms. The minimum atomic E-state index is -1.48. The van der Waals surface area contributed by atoms with E-state index in [9.17, 15) is 14.7 Å². The van der Waals surface area contributed by atoms with Gasteiger partial charge in [0.15, 0.2) is 5.54 Å². The SMILES string of the molecule is COc1ccc(C(C)(NC(=O)C(C)(C)C)C(=O)O)cc1. The topological polar surface area (TPSA) is 75.6 Å². The van der Waals surface area contributed by atoms with E-state index in [0.717, 1.165) is 0 Å². The predicted octanol–water partition coefficient (Wildman–Crippen LogP) is 2.16. The number of carboxylic acids is 1. The van der Waals surface area contributed by atoms with Crippen LogP contribution in [-0.4, -0.2) is 24.1 Å². The molecule has 1 aromatic carbocycles. The number of hydrogen-bond acceptors (Lipinski definition) is 3. The molecular formula is C15H21NO4. The van der Waals surface area contributed by atoms with Crippen molar-refractivity contribution in [2.45, 2.75) is 33.2 Å². The fourth-order valence-corrected chi connectivity index (χ4v) is 1.59. The molecule has 0 heterocycles. The lowest BCUT2D eigenvalue weighted by atomic mass is 9.88. The van der Waals surface area contributed by atoms with Gasteiger partial charge in [0, 0.05) is 5.41 Å². The van der Waals surface area contributed by atoms with Gasteiger partial charge in [0.1, 0.15) is 5.75 Å². The van der Waals surface area contributed by atoms with Gasteiger partial charge in [-0.3, -0.25) is 4.79 Å². The Balaban J connectivity index is 3.14. The molecule has 20 heavy (non-hydrogen) atoms. The number of amides is 1. The van der Waals surface area contributed by atoms with E-state index in [2.05, 4.69) is 5.32 Å². The number of methoxy groups -OCH3 is 1. The largest absolute Gasteiger partial charge is 0.497 e. The van der Waals surface area contributed by atoms with Crippen LogP contribution in [0, 0.1) is 5.41 Å². The second kappa shape index (κ2) is 5.53. The van der Waals surface area contributed by atoms with Crippen molar-refractivity contribution in [1.29, 1.82) is 0 Å². The standard InChI is InChI=1S/C15H21NO4/c1-14(2,3)12(17)16-15(4,13(18)19)10-6-8-11(20-5)9-7-10/h6-9H,1-5H3,(H,16,17)(H,18,19). The molecular weight excluding hydrogens is 258 g/mol. The molecule has 0 fully saturated rings. The van der Waals surface area contributed by atoms with Gasteiger partial charge < -0.3 is 15.2 Å². The maximum absolute atomic E-state index is 12.1. The van der Waals surface area contributed by atoms with Gasteiger partial charge in [-0.2, -0.15) is 0 Å². The zero-order chi connectivity index (χ0) is 15.6. The van der Waals surface area contributed by atoms with E-state index >= 15 is 0 Å². The zero-order valence-corrected chi connectivity index (χ0v) is 12.5. The lowest BCUT2D eigenvalue weighted by molar-refractivity contribution is -0.148. The second-order valence-electron chi connectivity index (χ2n) is 5.86. The van der Waals surface area contributed by atoms with E-state index in [0.29, 0.717) is 11.3 Å². The summed E-state index contributed by atoms with van der Waals surface area (Å²) in [5, 5.41) is 12.1. The lowest BCUT2D eigenvalue weighted by Gasteiger charge is -2.30. The Morgan fingerprint density at radius 2 is 1.60 bits per heavy atom. The molecule has 1 unspecified atom stereocenters. The molecule has 110 valence electrons. The summed E-state index contributed by atoms with van der Waals surface area (Å²) in [5.41, 5.74) is -1.65. The predicted molar refractivity (Wildman–Crippen MR) is 75.6 cm³/mol. The van der Waals surface area contributed by atoms with Gasteiger partial charge in [0.05, 0.1) is 7.11 Å². The highest BCUT2D eigenvalue weighted by Crippen LogP contribution is 2.26. The number of ether oxygens (including phenoxy) is 1. The van der Waals surface area contributed by atoms with Crippen LogP contribution in [0.1, 0.15) is 33.3 Å². The quantitative estimate of drug-likeness (QED) is 0.885. The van der Waals surface area contributed by atoms with Crippen LogP contribution in [0.4, 0.5) is 0 Å². The zero-order valence-electron chi connectivity index (χ0n) is 12.5. The summed E-state index contributed by atoms with van der Waals surface area (Å²) in [6.45, 7) is 6.68. The smallest absolute Gasteiger partial charge is 0.333 e. The van der Waals surface area contributed by atoms with Gasteiger partial charge >= 0.3 is 5.97 Å². The summed E-state index contributed by atoms with van der Waals surface area (Å²) in [5.74, 6) is -0.804. The summed E-state index contributed by atoms with van der Waals surface area (Å²) in [6.07, 6.45) is 0. The van der Waals surface area contributed by atoms with Crippen molar-refractivity contribution in [3.05, 3.63) is 29.8 Å². The first-order valence-corrected chi connectivity index (χ1v) is 6.32. The molecule has 0 aromatic heterocycles. The minimum Gasteiger partial charge on any atom is -0.497 e. The summed E-state index contributed by atoms with van der Waals surface area (Å²) in [6, 6.07) is 6.60. The molecule has 1 aromatic rings. The maximum Gasteiger partial charge on any atom is 0.333 e. The fraction of sp³-hybridized carbons (Fsp3) is 0.467. The molecule has 0 aliphatic heterocycles. The number of carbonyl (C=O) groups excluding carboxylic acids is 1. The molecule has 0 aliphatic rings. The van der Waals surface area contributed by atoms with Crippen molar-refractivity contribution in [3.8, 4) is 5.75 Å². The van der Waals surface area contributed by atoms with E-state index in [4.69, 9.17) is 4.74 Å². The van der Waals surface area contributed by atoms with Gasteiger partial charge in [-0.05, 0) is 24.6 Å². The van der Waals surface area contributed by atoms with Crippen LogP contribution in [0.25, 0.3) is 0 Å². The van der Waals surface area contributed by atoms with Crippen molar-refractivity contribution < 1.29 is 19.4 Å². The molecule has 1 amide bonds. The molecule has 0 aliphatic carbocycles. The summed E-state index contributed by atoms with van der Waals surface area (Å²) < 4.78 is 5.04.